The Hall–Kier alpha value is -1.13. The van der Waals surface area contributed by atoms with Gasteiger partial charge in [-0.1, -0.05) is 6.92 Å². The van der Waals surface area contributed by atoms with Crippen LogP contribution < -0.4 is 10.1 Å². The zero-order chi connectivity index (χ0) is 14.7. The van der Waals surface area contributed by atoms with Gasteiger partial charge in [-0.05, 0) is 57.1 Å². The number of nitrogens with one attached hydrogen (secondary N) is 1. The van der Waals surface area contributed by atoms with E-state index >= 15 is 0 Å². The molecule has 0 saturated carbocycles. The summed E-state index contributed by atoms with van der Waals surface area (Å²) in [6.07, 6.45) is 4.60. The molecule has 3 nitrogen and oxygen atoms in total. The fourth-order valence-corrected chi connectivity index (χ4v) is 3.53. The summed E-state index contributed by atoms with van der Waals surface area (Å²) >= 11 is 0. The molecule has 1 aromatic carbocycles. The molecule has 0 radical (unpaired) electrons. The van der Waals surface area contributed by atoms with Crippen LogP contribution in [0, 0.1) is 5.82 Å². The molecule has 1 saturated heterocycles. The monoisotopic (exact) mass is 292 g/mol. The molecule has 0 aromatic heterocycles. The lowest BCUT2D eigenvalue weighted by atomic mass is 10.0. The van der Waals surface area contributed by atoms with Crippen molar-refractivity contribution in [1.82, 2.24) is 10.2 Å². The topological polar surface area (TPSA) is 24.5 Å². The summed E-state index contributed by atoms with van der Waals surface area (Å²) in [6, 6.07) is 5.52. The van der Waals surface area contributed by atoms with Crippen molar-refractivity contribution in [3.8, 4) is 5.75 Å². The van der Waals surface area contributed by atoms with E-state index in [2.05, 4.69) is 17.1 Å². The molecule has 2 aliphatic rings. The molecule has 0 spiro atoms. The van der Waals surface area contributed by atoms with Crippen molar-refractivity contribution in [3.05, 3.63) is 29.6 Å². The molecule has 1 fully saturated rings. The summed E-state index contributed by atoms with van der Waals surface area (Å²) < 4.78 is 19.3. The third kappa shape index (κ3) is 3.55. The van der Waals surface area contributed by atoms with E-state index in [4.69, 9.17) is 4.74 Å². The molecule has 1 aromatic rings. The minimum atomic E-state index is -0.165. The molecule has 116 valence electrons. The first-order valence-electron chi connectivity index (χ1n) is 8.16. The smallest absolute Gasteiger partial charge is 0.123 e. The quantitative estimate of drug-likeness (QED) is 0.903. The van der Waals surface area contributed by atoms with Crippen molar-refractivity contribution in [2.45, 2.75) is 44.8 Å². The van der Waals surface area contributed by atoms with Crippen LogP contribution >= 0.6 is 0 Å². The number of hydrogen-bond donors (Lipinski definition) is 1. The highest BCUT2D eigenvalue weighted by Crippen LogP contribution is 2.30. The molecule has 2 aliphatic heterocycles. The number of nitrogens with zero attached hydrogens (tertiary/aromatic N) is 1. The maximum Gasteiger partial charge on any atom is 0.123 e. The highest BCUT2D eigenvalue weighted by atomic mass is 19.1. The van der Waals surface area contributed by atoms with Gasteiger partial charge in [-0.25, -0.2) is 4.39 Å². The molecule has 1 unspecified atom stereocenters. The van der Waals surface area contributed by atoms with Gasteiger partial charge in [0.05, 0.1) is 0 Å². The SMILES string of the molecule is CCCN(CC1Cc2cc(F)ccc2O1)C1CCNCC1. The summed E-state index contributed by atoms with van der Waals surface area (Å²) in [5, 5.41) is 3.43. The van der Waals surface area contributed by atoms with Crippen LogP contribution in [0.25, 0.3) is 0 Å². The van der Waals surface area contributed by atoms with Gasteiger partial charge in [-0.3, -0.25) is 4.90 Å². The van der Waals surface area contributed by atoms with E-state index in [-0.39, 0.29) is 11.9 Å². The van der Waals surface area contributed by atoms with Crippen molar-refractivity contribution in [3.63, 3.8) is 0 Å². The number of rotatable bonds is 5. The maximum atomic E-state index is 13.3. The molecule has 1 N–H and O–H groups in total. The predicted molar refractivity (Wildman–Crippen MR) is 82.3 cm³/mol. The Bertz CT molecular complexity index is 474. The van der Waals surface area contributed by atoms with Gasteiger partial charge < -0.3 is 10.1 Å². The van der Waals surface area contributed by atoms with Gasteiger partial charge in [0.2, 0.25) is 0 Å². The van der Waals surface area contributed by atoms with Gasteiger partial charge >= 0.3 is 0 Å². The van der Waals surface area contributed by atoms with Gasteiger partial charge in [0.1, 0.15) is 17.7 Å². The van der Waals surface area contributed by atoms with Crippen molar-refractivity contribution in [2.75, 3.05) is 26.2 Å². The van der Waals surface area contributed by atoms with Crippen LogP contribution in [0.5, 0.6) is 5.75 Å². The minimum Gasteiger partial charge on any atom is -0.488 e. The first-order valence-corrected chi connectivity index (χ1v) is 8.16. The fraction of sp³-hybridized carbons (Fsp3) is 0.647. The van der Waals surface area contributed by atoms with Crippen LogP contribution in [0.3, 0.4) is 0 Å². The van der Waals surface area contributed by atoms with Gasteiger partial charge in [-0.2, -0.15) is 0 Å². The summed E-state index contributed by atoms with van der Waals surface area (Å²) in [7, 11) is 0. The van der Waals surface area contributed by atoms with Crippen LogP contribution in [0.4, 0.5) is 4.39 Å². The molecule has 0 amide bonds. The second-order valence-corrected chi connectivity index (χ2v) is 6.17. The Balaban J connectivity index is 1.61. The zero-order valence-corrected chi connectivity index (χ0v) is 12.8. The largest absolute Gasteiger partial charge is 0.488 e. The summed E-state index contributed by atoms with van der Waals surface area (Å²) in [6.45, 7) is 6.53. The zero-order valence-electron chi connectivity index (χ0n) is 12.8. The van der Waals surface area contributed by atoms with Crippen LogP contribution in [0.15, 0.2) is 18.2 Å². The number of benzene rings is 1. The highest BCUT2D eigenvalue weighted by Gasteiger charge is 2.28. The summed E-state index contributed by atoms with van der Waals surface area (Å²) in [5.41, 5.74) is 1.02. The van der Waals surface area contributed by atoms with Crippen LogP contribution in [-0.2, 0) is 6.42 Å². The number of piperidine rings is 1. The Morgan fingerprint density at radius 2 is 2.14 bits per heavy atom. The number of halogens is 1. The van der Waals surface area contributed by atoms with Crippen molar-refractivity contribution >= 4 is 0 Å². The third-order valence-electron chi connectivity index (χ3n) is 4.54. The van der Waals surface area contributed by atoms with Gasteiger partial charge in [-0.15, -0.1) is 0 Å². The van der Waals surface area contributed by atoms with Crippen molar-refractivity contribution in [2.24, 2.45) is 0 Å². The van der Waals surface area contributed by atoms with E-state index in [0.29, 0.717) is 6.04 Å². The van der Waals surface area contributed by atoms with Crippen LogP contribution in [0.1, 0.15) is 31.7 Å². The third-order valence-corrected chi connectivity index (χ3v) is 4.54. The van der Waals surface area contributed by atoms with Crippen molar-refractivity contribution in [1.29, 1.82) is 0 Å². The Labute approximate surface area is 126 Å². The fourth-order valence-electron chi connectivity index (χ4n) is 3.53. The minimum absolute atomic E-state index is 0.165. The van der Waals surface area contributed by atoms with E-state index in [9.17, 15) is 4.39 Å². The van der Waals surface area contributed by atoms with Gasteiger partial charge in [0.25, 0.3) is 0 Å². The lowest BCUT2D eigenvalue weighted by Gasteiger charge is -2.35. The molecular formula is C17H25FN2O. The normalized spacial score (nSPS) is 22.3. The van der Waals surface area contributed by atoms with E-state index < -0.39 is 0 Å². The first kappa shape index (κ1) is 14.8. The lowest BCUT2D eigenvalue weighted by molar-refractivity contribution is 0.0999. The molecule has 0 bridgehead atoms. The number of fused-ring (bicyclic) bond motifs is 1. The predicted octanol–water partition coefficient (Wildman–Crippen LogP) is 2.59. The molecule has 21 heavy (non-hydrogen) atoms. The lowest BCUT2D eigenvalue weighted by Crippen LogP contribution is -2.47. The number of hydrogen-bond acceptors (Lipinski definition) is 3. The maximum absolute atomic E-state index is 13.3. The average Bonchev–Trinajstić information content (AvgIpc) is 2.89. The van der Waals surface area contributed by atoms with E-state index in [1.807, 2.05) is 0 Å². The second-order valence-electron chi connectivity index (χ2n) is 6.17. The Morgan fingerprint density at radius 3 is 2.90 bits per heavy atom. The molecule has 2 heterocycles. The van der Waals surface area contributed by atoms with Crippen LogP contribution in [-0.4, -0.2) is 43.2 Å². The first-order chi connectivity index (χ1) is 10.3. The van der Waals surface area contributed by atoms with E-state index in [0.717, 1.165) is 50.3 Å². The molecular weight excluding hydrogens is 267 g/mol. The van der Waals surface area contributed by atoms with Crippen LogP contribution in [0.2, 0.25) is 0 Å². The van der Waals surface area contributed by atoms with E-state index in [1.54, 1.807) is 12.1 Å². The second kappa shape index (κ2) is 6.75. The molecule has 1 atom stereocenters. The van der Waals surface area contributed by atoms with E-state index in [1.165, 1.54) is 18.9 Å². The van der Waals surface area contributed by atoms with Crippen molar-refractivity contribution < 1.29 is 9.13 Å². The molecule has 4 heteroatoms. The Kier molecular flexibility index (Phi) is 4.76. The van der Waals surface area contributed by atoms with Gasteiger partial charge in [0, 0.05) is 24.6 Å². The Morgan fingerprint density at radius 1 is 1.33 bits per heavy atom. The summed E-state index contributed by atoms with van der Waals surface area (Å²) in [5.74, 6) is 0.699. The standard InChI is InChI=1S/C17H25FN2O/c1-2-9-20(15-5-7-19-8-6-15)12-16-11-13-10-14(18)3-4-17(13)21-16/h3-4,10,15-16,19H,2,5-9,11-12H2,1H3. The highest BCUT2D eigenvalue weighted by molar-refractivity contribution is 5.37. The molecule has 0 aliphatic carbocycles. The van der Waals surface area contributed by atoms with Gasteiger partial charge in [0.15, 0.2) is 0 Å². The number of ether oxygens (including phenoxy) is 1. The molecule has 3 rings (SSSR count). The average molecular weight is 292 g/mol. The summed E-state index contributed by atoms with van der Waals surface area (Å²) in [4.78, 5) is 2.58.